The minimum atomic E-state index is -0.230. The summed E-state index contributed by atoms with van der Waals surface area (Å²) in [5, 5.41) is 0. The van der Waals surface area contributed by atoms with E-state index in [2.05, 4.69) is 19.6 Å². The molecule has 0 radical (unpaired) electrons. The van der Waals surface area contributed by atoms with Gasteiger partial charge in [0.2, 0.25) is 0 Å². The molecule has 4 heteroatoms. The van der Waals surface area contributed by atoms with Crippen molar-refractivity contribution in [3.05, 3.63) is 0 Å². The summed E-state index contributed by atoms with van der Waals surface area (Å²) in [4.78, 5) is 10.4. The van der Waals surface area contributed by atoms with Gasteiger partial charge in [0.05, 0.1) is 12.4 Å². The molecule has 0 aromatic rings. The third kappa shape index (κ3) is 8.62. The van der Waals surface area contributed by atoms with E-state index in [-0.39, 0.29) is 35.6 Å². The monoisotopic (exact) mass is 272 g/mol. The van der Waals surface area contributed by atoms with Crippen molar-refractivity contribution in [3.63, 3.8) is 0 Å². The SMILES string of the molecule is CCCCOC(=O)CS.[SnH4]. The molecule has 0 aromatic carbocycles. The van der Waals surface area contributed by atoms with E-state index >= 15 is 0 Å². The first-order valence-corrected chi connectivity index (χ1v) is 3.71. The molecule has 0 saturated heterocycles. The summed E-state index contributed by atoms with van der Waals surface area (Å²) in [5.41, 5.74) is 0. The normalized spacial score (nSPS) is 8.20. The zero-order valence-corrected chi connectivity index (χ0v) is 6.49. The van der Waals surface area contributed by atoms with Crippen LogP contribution in [0.3, 0.4) is 0 Å². The maximum absolute atomic E-state index is 10.4. The van der Waals surface area contributed by atoms with E-state index < -0.39 is 0 Å². The molecule has 0 bridgehead atoms. The van der Waals surface area contributed by atoms with Gasteiger partial charge in [-0.2, -0.15) is 12.6 Å². The first kappa shape index (κ1) is 13.2. The van der Waals surface area contributed by atoms with Crippen molar-refractivity contribution < 1.29 is 9.53 Å². The average molecular weight is 271 g/mol. The molecule has 0 aromatic heterocycles. The average Bonchev–Trinajstić information content (AvgIpc) is 1.89. The number of ether oxygens (including phenoxy) is 1. The van der Waals surface area contributed by atoms with Gasteiger partial charge in [0.15, 0.2) is 0 Å². The summed E-state index contributed by atoms with van der Waals surface area (Å²) >= 11 is 3.74. The fourth-order valence-corrected chi connectivity index (χ4v) is 0.467. The molecule has 0 N–H and O–H groups in total. The maximum atomic E-state index is 10.4. The molecular weight excluding hydrogens is 255 g/mol. The Morgan fingerprint density at radius 2 is 2.20 bits per heavy atom. The molecule has 0 aliphatic carbocycles. The third-order valence-electron chi connectivity index (χ3n) is 0.890. The number of hydrogen-bond acceptors (Lipinski definition) is 3. The Morgan fingerprint density at radius 1 is 1.60 bits per heavy atom. The molecule has 10 heavy (non-hydrogen) atoms. The Hall–Kier alpha value is 0.619. The summed E-state index contributed by atoms with van der Waals surface area (Å²) in [6.07, 6.45) is 2.00. The molecule has 2 nitrogen and oxygen atoms in total. The second-order valence-electron chi connectivity index (χ2n) is 1.73. The van der Waals surface area contributed by atoms with Crippen molar-refractivity contribution in [2.45, 2.75) is 19.8 Å². The van der Waals surface area contributed by atoms with Crippen molar-refractivity contribution in [2.75, 3.05) is 12.4 Å². The van der Waals surface area contributed by atoms with Crippen LogP contribution in [0, 0.1) is 0 Å². The predicted octanol–water partition coefficient (Wildman–Crippen LogP) is -0.192. The first-order valence-electron chi connectivity index (χ1n) is 3.07. The van der Waals surface area contributed by atoms with Gasteiger partial charge in [-0.05, 0) is 6.42 Å². The van der Waals surface area contributed by atoms with Crippen LogP contribution in [0.25, 0.3) is 0 Å². The second-order valence-corrected chi connectivity index (χ2v) is 2.05. The summed E-state index contributed by atoms with van der Waals surface area (Å²) < 4.78 is 4.72. The first-order chi connectivity index (χ1) is 4.31. The van der Waals surface area contributed by atoms with E-state index in [1.54, 1.807) is 0 Å². The van der Waals surface area contributed by atoms with Crippen LogP contribution in [-0.2, 0) is 9.53 Å². The van der Waals surface area contributed by atoms with Crippen LogP contribution in [0.5, 0.6) is 0 Å². The summed E-state index contributed by atoms with van der Waals surface area (Å²) in [6, 6.07) is 0. The Morgan fingerprint density at radius 3 is 2.60 bits per heavy atom. The van der Waals surface area contributed by atoms with Crippen LogP contribution in [0.1, 0.15) is 19.8 Å². The molecule has 0 aliphatic rings. The van der Waals surface area contributed by atoms with Crippen molar-refractivity contribution >= 4 is 42.5 Å². The summed E-state index contributed by atoms with van der Waals surface area (Å²) in [5.74, 6) is -0.0456. The van der Waals surface area contributed by atoms with Crippen molar-refractivity contribution in [1.29, 1.82) is 0 Å². The van der Waals surface area contributed by atoms with Gasteiger partial charge in [0.1, 0.15) is 0 Å². The van der Waals surface area contributed by atoms with E-state index in [0.717, 1.165) is 12.8 Å². The molecular formula is C6H16O2SSn. The quantitative estimate of drug-likeness (QED) is 0.332. The third-order valence-corrected chi connectivity index (χ3v) is 1.15. The van der Waals surface area contributed by atoms with Crippen molar-refractivity contribution in [3.8, 4) is 0 Å². The minimum absolute atomic E-state index is 0. The fourth-order valence-electron chi connectivity index (χ4n) is 0.376. The van der Waals surface area contributed by atoms with Gasteiger partial charge in [0, 0.05) is 0 Å². The number of carbonyl (C=O) groups excluding carboxylic acids is 1. The van der Waals surface area contributed by atoms with Crippen LogP contribution >= 0.6 is 12.6 Å². The molecule has 0 saturated carbocycles. The Balaban J connectivity index is 0. The van der Waals surface area contributed by atoms with Gasteiger partial charge in [-0.1, -0.05) is 13.3 Å². The van der Waals surface area contributed by atoms with E-state index in [4.69, 9.17) is 4.74 Å². The van der Waals surface area contributed by atoms with Gasteiger partial charge in [-0.3, -0.25) is 4.79 Å². The molecule has 0 spiro atoms. The molecule has 62 valence electrons. The second kappa shape index (κ2) is 9.62. The molecule has 0 fully saturated rings. The zero-order chi connectivity index (χ0) is 7.11. The molecule has 0 aliphatic heterocycles. The predicted molar refractivity (Wildman–Crippen MR) is 51.1 cm³/mol. The van der Waals surface area contributed by atoms with Crippen LogP contribution in [0.4, 0.5) is 0 Å². The summed E-state index contributed by atoms with van der Waals surface area (Å²) in [7, 11) is 0. The van der Waals surface area contributed by atoms with Crippen LogP contribution in [-0.4, -0.2) is 42.2 Å². The van der Waals surface area contributed by atoms with Crippen LogP contribution in [0.15, 0.2) is 0 Å². The molecule has 0 unspecified atom stereocenters. The Labute approximate surface area is 84.1 Å². The van der Waals surface area contributed by atoms with E-state index in [9.17, 15) is 4.79 Å². The van der Waals surface area contributed by atoms with Crippen LogP contribution in [0.2, 0.25) is 0 Å². The molecule has 0 atom stereocenters. The van der Waals surface area contributed by atoms with Gasteiger partial charge < -0.3 is 4.74 Å². The Kier molecular flexibility index (Phi) is 12.7. The number of carbonyl (C=O) groups is 1. The standard InChI is InChI=1S/C6H12O2S.Sn.4H/c1-2-3-4-8-6(7)5-9;;;;;/h9H,2-5H2,1H3;;;;;. The van der Waals surface area contributed by atoms with Gasteiger partial charge in [-0.15, -0.1) is 0 Å². The number of hydrogen-bond donors (Lipinski definition) is 1. The van der Waals surface area contributed by atoms with Crippen molar-refractivity contribution in [2.24, 2.45) is 0 Å². The van der Waals surface area contributed by atoms with Gasteiger partial charge >= 0.3 is 29.9 Å². The topological polar surface area (TPSA) is 26.3 Å². The summed E-state index contributed by atoms with van der Waals surface area (Å²) in [6.45, 7) is 2.59. The molecule has 0 amide bonds. The number of rotatable bonds is 4. The Bertz CT molecular complexity index is 87.8. The van der Waals surface area contributed by atoms with Crippen molar-refractivity contribution in [1.82, 2.24) is 0 Å². The zero-order valence-electron chi connectivity index (χ0n) is 5.59. The number of thiol groups is 1. The number of unbranched alkanes of at least 4 members (excludes halogenated alkanes) is 1. The van der Waals surface area contributed by atoms with E-state index in [0.29, 0.717) is 6.61 Å². The molecule has 0 rings (SSSR count). The fraction of sp³-hybridized carbons (Fsp3) is 0.833. The van der Waals surface area contributed by atoms with Gasteiger partial charge in [0.25, 0.3) is 0 Å². The van der Waals surface area contributed by atoms with E-state index in [1.165, 1.54) is 0 Å². The number of esters is 1. The van der Waals surface area contributed by atoms with Crippen LogP contribution < -0.4 is 0 Å². The molecule has 0 heterocycles. The van der Waals surface area contributed by atoms with Gasteiger partial charge in [-0.25, -0.2) is 0 Å². The van der Waals surface area contributed by atoms with E-state index in [1.807, 2.05) is 0 Å².